The molecule has 7 nitrogen and oxygen atoms in total. The number of allylic oxidation sites excluding steroid dienone is 1. The van der Waals surface area contributed by atoms with E-state index in [4.69, 9.17) is 4.74 Å². The first-order chi connectivity index (χ1) is 14.4. The number of hydrogen-bond donors (Lipinski definition) is 1. The third-order valence-electron chi connectivity index (χ3n) is 3.65. The van der Waals surface area contributed by atoms with Crippen LogP contribution in [0.15, 0.2) is 53.7 Å². The first-order valence-corrected chi connectivity index (χ1v) is 10.4. The minimum Gasteiger partial charge on any atom is -0.486 e. The summed E-state index contributed by atoms with van der Waals surface area (Å²) >= 11 is 2.48. The molecular formula is C18H16F3N5O2S2. The van der Waals surface area contributed by atoms with Crippen molar-refractivity contribution in [2.45, 2.75) is 24.5 Å². The SMILES string of the molecule is C=CCn1c(COc2cccc(C(F)(F)F)c2)nnc1SCC(=O)Nc1nccs1. The minimum atomic E-state index is -4.45. The number of nitrogens with one attached hydrogen (secondary N) is 1. The van der Waals surface area contributed by atoms with Gasteiger partial charge in [0.15, 0.2) is 16.1 Å². The van der Waals surface area contributed by atoms with E-state index in [1.54, 1.807) is 22.2 Å². The van der Waals surface area contributed by atoms with Gasteiger partial charge in [0.2, 0.25) is 5.91 Å². The van der Waals surface area contributed by atoms with E-state index in [2.05, 4.69) is 27.1 Å². The van der Waals surface area contributed by atoms with Gasteiger partial charge in [-0.1, -0.05) is 23.9 Å². The largest absolute Gasteiger partial charge is 0.486 e. The van der Waals surface area contributed by atoms with Crippen LogP contribution in [-0.4, -0.2) is 31.4 Å². The lowest BCUT2D eigenvalue weighted by atomic mass is 10.2. The maximum Gasteiger partial charge on any atom is 0.416 e. The van der Waals surface area contributed by atoms with Crippen LogP contribution >= 0.6 is 23.1 Å². The zero-order valence-corrected chi connectivity index (χ0v) is 17.1. The number of halogens is 3. The number of carbonyl (C=O) groups is 1. The van der Waals surface area contributed by atoms with Crippen LogP contribution < -0.4 is 10.1 Å². The molecule has 0 aliphatic rings. The quantitative estimate of drug-likeness (QED) is 0.384. The fourth-order valence-electron chi connectivity index (χ4n) is 2.33. The second kappa shape index (κ2) is 9.76. The van der Waals surface area contributed by atoms with Crippen LogP contribution in [0.4, 0.5) is 18.3 Å². The molecule has 0 bridgehead atoms. The van der Waals surface area contributed by atoms with E-state index < -0.39 is 11.7 Å². The van der Waals surface area contributed by atoms with Gasteiger partial charge in [-0.3, -0.25) is 9.36 Å². The Morgan fingerprint density at radius 2 is 2.20 bits per heavy atom. The molecule has 0 aliphatic heterocycles. The first-order valence-electron chi connectivity index (χ1n) is 8.52. The third kappa shape index (κ3) is 5.83. The van der Waals surface area contributed by atoms with Crippen molar-refractivity contribution in [3.05, 3.63) is 59.9 Å². The summed E-state index contributed by atoms with van der Waals surface area (Å²) in [6.45, 7) is 3.94. The molecule has 12 heteroatoms. The number of nitrogens with zero attached hydrogens (tertiary/aromatic N) is 4. The van der Waals surface area contributed by atoms with Crippen molar-refractivity contribution in [2.24, 2.45) is 0 Å². The summed E-state index contributed by atoms with van der Waals surface area (Å²) in [5, 5.41) is 13.5. The molecule has 3 aromatic rings. The number of alkyl halides is 3. The van der Waals surface area contributed by atoms with Crippen molar-refractivity contribution < 1.29 is 22.7 Å². The Hall–Kier alpha value is -2.86. The molecule has 158 valence electrons. The van der Waals surface area contributed by atoms with Crippen LogP contribution in [0, 0.1) is 0 Å². The number of thiazole rings is 1. The van der Waals surface area contributed by atoms with Gasteiger partial charge in [-0.05, 0) is 18.2 Å². The Balaban J connectivity index is 1.64. The van der Waals surface area contributed by atoms with E-state index >= 15 is 0 Å². The molecule has 1 aromatic carbocycles. The predicted molar refractivity (Wildman–Crippen MR) is 107 cm³/mol. The monoisotopic (exact) mass is 455 g/mol. The van der Waals surface area contributed by atoms with Crippen molar-refractivity contribution in [2.75, 3.05) is 11.1 Å². The summed E-state index contributed by atoms with van der Waals surface area (Å²) < 4.78 is 45.7. The van der Waals surface area contributed by atoms with Crippen LogP contribution in [0.1, 0.15) is 11.4 Å². The summed E-state index contributed by atoms with van der Waals surface area (Å²) in [4.78, 5) is 16.0. The smallest absolute Gasteiger partial charge is 0.416 e. The van der Waals surface area contributed by atoms with Gasteiger partial charge in [-0.2, -0.15) is 13.2 Å². The third-order valence-corrected chi connectivity index (χ3v) is 5.30. The number of anilines is 1. The minimum absolute atomic E-state index is 0.0648. The molecular weight excluding hydrogens is 439 g/mol. The Labute approximate surface area is 178 Å². The molecule has 30 heavy (non-hydrogen) atoms. The lowest BCUT2D eigenvalue weighted by Crippen LogP contribution is -2.14. The summed E-state index contributed by atoms with van der Waals surface area (Å²) in [6, 6.07) is 4.60. The molecule has 0 fully saturated rings. The Morgan fingerprint density at radius 1 is 1.37 bits per heavy atom. The van der Waals surface area contributed by atoms with Crippen molar-refractivity contribution in [1.29, 1.82) is 0 Å². The van der Waals surface area contributed by atoms with Gasteiger partial charge in [-0.25, -0.2) is 4.98 Å². The van der Waals surface area contributed by atoms with Crippen molar-refractivity contribution >= 4 is 34.1 Å². The van der Waals surface area contributed by atoms with Gasteiger partial charge in [0.05, 0.1) is 11.3 Å². The lowest BCUT2D eigenvalue weighted by molar-refractivity contribution is -0.137. The normalized spacial score (nSPS) is 11.3. The van der Waals surface area contributed by atoms with Crippen LogP contribution in [0.25, 0.3) is 0 Å². The molecule has 0 unspecified atom stereocenters. The molecule has 1 N–H and O–H groups in total. The summed E-state index contributed by atoms with van der Waals surface area (Å²) in [7, 11) is 0. The highest BCUT2D eigenvalue weighted by atomic mass is 32.2. The van der Waals surface area contributed by atoms with Crippen molar-refractivity contribution in [3.63, 3.8) is 0 Å². The van der Waals surface area contributed by atoms with E-state index in [1.807, 2.05) is 0 Å². The zero-order valence-electron chi connectivity index (χ0n) is 15.4. The average Bonchev–Trinajstić information content (AvgIpc) is 3.35. The number of carbonyl (C=O) groups excluding carboxylic acids is 1. The second-order valence-corrected chi connectivity index (χ2v) is 7.62. The zero-order chi connectivity index (χ0) is 21.6. The fourth-order valence-corrected chi connectivity index (χ4v) is 3.64. The van der Waals surface area contributed by atoms with Gasteiger partial charge in [0.25, 0.3) is 0 Å². The lowest BCUT2D eigenvalue weighted by Gasteiger charge is -2.11. The maximum absolute atomic E-state index is 12.8. The molecule has 3 rings (SSSR count). The topological polar surface area (TPSA) is 81.9 Å². The Morgan fingerprint density at radius 3 is 2.90 bits per heavy atom. The van der Waals surface area contributed by atoms with Crippen LogP contribution in [0.3, 0.4) is 0 Å². The Kier molecular flexibility index (Phi) is 7.11. The van der Waals surface area contributed by atoms with E-state index in [0.29, 0.717) is 22.7 Å². The predicted octanol–water partition coefficient (Wildman–Crippen LogP) is 4.25. The summed E-state index contributed by atoms with van der Waals surface area (Å²) in [6.07, 6.45) is -1.24. The number of benzene rings is 1. The first kappa shape index (κ1) is 21.8. The van der Waals surface area contributed by atoms with Crippen LogP contribution in [0.5, 0.6) is 5.75 Å². The maximum atomic E-state index is 12.8. The van der Waals surface area contributed by atoms with Gasteiger partial charge < -0.3 is 10.1 Å². The molecule has 2 aromatic heterocycles. The second-order valence-electron chi connectivity index (χ2n) is 5.79. The standard InChI is InChI=1S/C18H16F3N5O2S2/c1-2-7-26-14(10-28-13-5-3-4-12(9-13)18(19,20)21)24-25-17(26)30-11-15(27)23-16-22-6-8-29-16/h2-6,8-9H,1,7,10-11H2,(H,22,23,27). The highest BCUT2D eigenvalue weighted by Gasteiger charge is 2.30. The number of aromatic nitrogens is 4. The number of amides is 1. The molecule has 0 aliphatic carbocycles. The molecule has 1 amide bonds. The van der Waals surface area contributed by atoms with Crippen molar-refractivity contribution in [3.8, 4) is 5.75 Å². The fraction of sp³-hybridized carbons (Fsp3) is 0.222. The van der Waals surface area contributed by atoms with Crippen molar-refractivity contribution in [1.82, 2.24) is 19.7 Å². The molecule has 0 atom stereocenters. The number of thioether (sulfide) groups is 1. The highest BCUT2D eigenvalue weighted by Crippen LogP contribution is 2.31. The number of hydrogen-bond acceptors (Lipinski definition) is 7. The molecule has 0 spiro atoms. The van der Waals surface area contributed by atoms with E-state index in [0.717, 1.165) is 12.1 Å². The van der Waals surface area contributed by atoms with E-state index in [9.17, 15) is 18.0 Å². The summed E-state index contributed by atoms with van der Waals surface area (Å²) in [5.41, 5.74) is -0.796. The van der Waals surface area contributed by atoms with Gasteiger partial charge >= 0.3 is 6.18 Å². The number of rotatable bonds is 9. The molecule has 0 saturated heterocycles. The van der Waals surface area contributed by atoms with Gasteiger partial charge in [-0.15, -0.1) is 28.1 Å². The van der Waals surface area contributed by atoms with Crippen LogP contribution in [-0.2, 0) is 24.1 Å². The van der Waals surface area contributed by atoms with Gasteiger partial charge in [0.1, 0.15) is 12.4 Å². The molecule has 0 radical (unpaired) electrons. The van der Waals surface area contributed by atoms with E-state index in [1.165, 1.54) is 35.2 Å². The van der Waals surface area contributed by atoms with Crippen LogP contribution in [0.2, 0.25) is 0 Å². The molecule has 0 saturated carbocycles. The van der Waals surface area contributed by atoms with E-state index in [-0.39, 0.29) is 24.0 Å². The average molecular weight is 455 g/mol. The summed E-state index contributed by atoms with van der Waals surface area (Å²) in [5.74, 6) is 0.304. The van der Waals surface area contributed by atoms with Gasteiger partial charge in [0, 0.05) is 18.1 Å². The molecule has 2 heterocycles. The number of ether oxygens (including phenoxy) is 1. The Bertz CT molecular complexity index is 1010. The highest BCUT2D eigenvalue weighted by molar-refractivity contribution is 7.99.